The van der Waals surface area contributed by atoms with Crippen LogP contribution in [-0.2, 0) is 7.05 Å². The number of amides is 1. The minimum Gasteiger partial charge on any atom is -0.497 e. The standard InChI is InChI=1S/C21H22N6O3/c1-25-20(28)10-8-18(24-25)21(29)27-13-11-26(12-14-27)19-9-7-17(22-23-19)15-3-5-16(30-2)6-4-15/h3-10H,11-14H2,1-2H3. The van der Waals surface area contributed by atoms with E-state index in [4.69, 9.17) is 4.74 Å². The highest BCUT2D eigenvalue weighted by Crippen LogP contribution is 2.22. The molecule has 0 saturated carbocycles. The van der Waals surface area contributed by atoms with Gasteiger partial charge < -0.3 is 14.5 Å². The summed E-state index contributed by atoms with van der Waals surface area (Å²) in [5.41, 5.74) is 1.79. The van der Waals surface area contributed by atoms with E-state index in [0.29, 0.717) is 26.2 Å². The summed E-state index contributed by atoms with van der Waals surface area (Å²) >= 11 is 0. The van der Waals surface area contributed by atoms with Crippen molar-refractivity contribution in [1.29, 1.82) is 0 Å². The average Bonchev–Trinajstić information content (AvgIpc) is 2.81. The van der Waals surface area contributed by atoms with Crippen molar-refractivity contribution in [3.8, 4) is 17.0 Å². The Morgan fingerprint density at radius 2 is 1.67 bits per heavy atom. The number of aryl methyl sites for hydroxylation is 1. The molecular weight excluding hydrogens is 384 g/mol. The van der Waals surface area contributed by atoms with Gasteiger partial charge in [0, 0.05) is 44.9 Å². The van der Waals surface area contributed by atoms with Crippen molar-refractivity contribution in [3.63, 3.8) is 0 Å². The van der Waals surface area contributed by atoms with Gasteiger partial charge in [0.2, 0.25) is 0 Å². The molecule has 30 heavy (non-hydrogen) atoms. The number of piperazine rings is 1. The molecule has 4 rings (SSSR count). The predicted molar refractivity (Wildman–Crippen MR) is 112 cm³/mol. The average molecular weight is 406 g/mol. The molecular formula is C21H22N6O3. The second-order valence-electron chi connectivity index (χ2n) is 6.96. The highest BCUT2D eigenvalue weighted by atomic mass is 16.5. The number of benzene rings is 1. The molecule has 1 fully saturated rings. The van der Waals surface area contributed by atoms with E-state index in [1.807, 2.05) is 36.4 Å². The first-order valence-electron chi connectivity index (χ1n) is 9.62. The van der Waals surface area contributed by atoms with E-state index in [0.717, 1.165) is 22.8 Å². The van der Waals surface area contributed by atoms with Gasteiger partial charge in [-0.15, -0.1) is 10.2 Å². The molecule has 0 atom stereocenters. The number of hydrogen-bond acceptors (Lipinski definition) is 7. The minimum absolute atomic E-state index is 0.175. The fourth-order valence-corrected chi connectivity index (χ4v) is 3.33. The van der Waals surface area contributed by atoms with E-state index in [2.05, 4.69) is 20.2 Å². The molecule has 0 spiro atoms. The Morgan fingerprint density at radius 3 is 2.27 bits per heavy atom. The van der Waals surface area contributed by atoms with Crippen LogP contribution in [0.5, 0.6) is 5.75 Å². The normalized spacial score (nSPS) is 13.9. The smallest absolute Gasteiger partial charge is 0.274 e. The maximum absolute atomic E-state index is 12.6. The molecule has 0 aliphatic carbocycles. The fourth-order valence-electron chi connectivity index (χ4n) is 3.33. The number of ether oxygens (including phenoxy) is 1. The number of nitrogens with zero attached hydrogens (tertiary/aromatic N) is 6. The molecule has 1 aliphatic rings. The molecule has 0 radical (unpaired) electrons. The molecule has 9 heteroatoms. The second-order valence-corrected chi connectivity index (χ2v) is 6.96. The van der Waals surface area contributed by atoms with Crippen molar-refractivity contribution < 1.29 is 9.53 Å². The molecule has 9 nitrogen and oxygen atoms in total. The third kappa shape index (κ3) is 4.00. The lowest BCUT2D eigenvalue weighted by atomic mass is 10.1. The second kappa shape index (κ2) is 8.32. The number of aromatic nitrogens is 4. The Bertz CT molecular complexity index is 1090. The molecule has 0 unspecified atom stereocenters. The topological polar surface area (TPSA) is 93.5 Å². The lowest BCUT2D eigenvalue weighted by molar-refractivity contribution is 0.0738. The van der Waals surface area contributed by atoms with Gasteiger partial charge in [-0.05, 0) is 42.5 Å². The summed E-state index contributed by atoms with van der Waals surface area (Å²) in [4.78, 5) is 27.9. The van der Waals surface area contributed by atoms with Crippen LogP contribution in [0.15, 0.2) is 53.3 Å². The first-order chi connectivity index (χ1) is 14.5. The highest BCUT2D eigenvalue weighted by Gasteiger charge is 2.24. The van der Waals surface area contributed by atoms with Crippen molar-refractivity contribution in [2.75, 3.05) is 38.2 Å². The lowest BCUT2D eigenvalue weighted by Gasteiger charge is -2.35. The maximum atomic E-state index is 12.6. The van der Waals surface area contributed by atoms with Gasteiger partial charge in [-0.2, -0.15) is 5.10 Å². The van der Waals surface area contributed by atoms with E-state index in [1.54, 1.807) is 12.0 Å². The summed E-state index contributed by atoms with van der Waals surface area (Å²) in [5.74, 6) is 1.40. The van der Waals surface area contributed by atoms with E-state index in [1.165, 1.54) is 23.9 Å². The van der Waals surface area contributed by atoms with Crippen molar-refractivity contribution in [3.05, 3.63) is 64.6 Å². The van der Waals surface area contributed by atoms with Crippen LogP contribution < -0.4 is 15.2 Å². The number of methoxy groups -OCH3 is 1. The molecule has 0 bridgehead atoms. The van der Waals surface area contributed by atoms with Gasteiger partial charge in [0.25, 0.3) is 11.5 Å². The van der Waals surface area contributed by atoms with Crippen LogP contribution >= 0.6 is 0 Å². The molecule has 1 aliphatic heterocycles. The quantitative estimate of drug-likeness (QED) is 0.643. The van der Waals surface area contributed by atoms with Crippen LogP contribution in [0.1, 0.15) is 10.5 Å². The van der Waals surface area contributed by atoms with Crippen LogP contribution in [0.4, 0.5) is 5.82 Å². The fraction of sp³-hybridized carbons (Fsp3) is 0.286. The van der Waals surface area contributed by atoms with E-state index < -0.39 is 0 Å². The Hall–Kier alpha value is -3.75. The summed E-state index contributed by atoms with van der Waals surface area (Å²) in [6.07, 6.45) is 0. The zero-order valence-electron chi connectivity index (χ0n) is 16.9. The Labute approximate surface area is 173 Å². The largest absolute Gasteiger partial charge is 0.497 e. The minimum atomic E-state index is -0.243. The predicted octanol–water partition coefficient (Wildman–Crippen LogP) is 1.21. The van der Waals surface area contributed by atoms with Crippen LogP contribution in [-0.4, -0.2) is 64.1 Å². The SMILES string of the molecule is COc1ccc(-c2ccc(N3CCN(C(=O)c4ccc(=O)n(C)n4)CC3)nn2)cc1. The van der Waals surface area contributed by atoms with Gasteiger partial charge >= 0.3 is 0 Å². The summed E-state index contributed by atoms with van der Waals surface area (Å²) in [5, 5.41) is 12.7. The zero-order chi connectivity index (χ0) is 21.1. The summed E-state index contributed by atoms with van der Waals surface area (Å²) in [6, 6.07) is 14.4. The number of rotatable bonds is 4. The molecule has 3 heterocycles. The molecule has 154 valence electrons. The van der Waals surface area contributed by atoms with Crippen molar-refractivity contribution in [1.82, 2.24) is 24.9 Å². The molecule has 3 aromatic rings. The monoisotopic (exact) mass is 406 g/mol. The summed E-state index contributed by atoms with van der Waals surface area (Å²) < 4.78 is 6.35. The van der Waals surface area contributed by atoms with Gasteiger partial charge in [-0.3, -0.25) is 9.59 Å². The van der Waals surface area contributed by atoms with Gasteiger partial charge in [0.15, 0.2) is 5.82 Å². The van der Waals surface area contributed by atoms with E-state index in [-0.39, 0.29) is 17.2 Å². The Kier molecular flexibility index (Phi) is 5.42. The van der Waals surface area contributed by atoms with Crippen molar-refractivity contribution >= 4 is 11.7 Å². The Morgan fingerprint density at radius 1 is 0.933 bits per heavy atom. The van der Waals surface area contributed by atoms with Crippen molar-refractivity contribution in [2.24, 2.45) is 7.05 Å². The van der Waals surface area contributed by atoms with Gasteiger partial charge in [0.1, 0.15) is 11.4 Å². The molecule has 1 saturated heterocycles. The lowest BCUT2D eigenvalue weighted by Crippen LogP contribution is -2.49. The third-order valence-corrected chi connectivity index (χ3v) is 5.11. The van der Waals surface area contributed by atoms with E-state index >= 15 is 0 Å². The molecule has 0 N–H and O–H groups in total. The third-order valence-electron chi connectivity index (χ3n) is 5.11. The number of hydrogen-bond donors (Lipinski definition) is 0. The summed E-state index contributed by atoms with van der Waals surface area (Å²) in [6.45, 7) is 2.39. The first-order valence-corrected chi connectivity index (χ1v) is 9.62. The van der Waals surface area contributed by atoms with Crippen molar-refractivity contribution in [2.45, 2.75) is 0 Å². The van der Waals surface area contributed by atoms with Gasteiger partial charge in [-0.1, -0.05) is 0 Å². The number of anilines is 1. The van der Waals surface area contributed by atoms with Gasteiger partial charge in [0.05, 0.1) is 12.8 Å². The maximum Gasteiger partial charge on any atom is 0.274 e. The first kappa shape index (κ1) is 19.6. The summed E-state index contributed by atoms with van der Waals surface area (Å²) in [7, 11) is 3.17. The highest BCUT2D eigenvalue weighted by molar-refractivity contribution is 5.92. The van der Waals surface area contributed by atoms with Gasteiger partial charge in [-0.25, -0.2) is 4.68 Å². The van der Waals surface area contributed by atoms with Crippen LogP contribution in [0.25, 0.3) is 11.3 Å². The van der Waals surface area contributed by atoms with Crippen LogP contribution in [0.2, 0.25) is 0 Å². The number of carbonyl (C=O) groups excluding carboxylic acids is 1. The zero-order valence-corrected chi connectivity index (χ0v) is 16.9. The van der Waals surface area contributed by atoms with Crippen LogP contribution in [0.3, 0.4) is 0 Å². The van der Waals surface area contributed by atoms with E-state index in [9.17, 15) is 9.59 Å². The van der Waals surface area contributed by atoms with Crippen LogP contribution in [0, 0.1) is 0 Å². The Balaban J connectivity index is 1.39. The number of carbonyl (C=O) groups is 1. The molecule has 1 amide bonds. The molecule has 2 aromatic heterocycles. The molecule has 1 aromatic carbocycles.